The van der Waals surface area contributed by atoms with Crippen LogP contribution >= 0.6 is 0 Å². The molecule has 2 rings (SSSR count). The summed E-state index contributed by atoms with van der Waals surface area (Å²) in [5.74, 6) is -1.25. The number of hydrogen-bond donors (Lipinski definition) is 2. The fourth-order valence-corrected chi connectivity index (χ4v) is 5.06. The maximum atomic E-state index is 13.3. The third kappa shape index (κ3) is 3.28. The van der Waals surface area contributed by atoms with Crippen LogP contribution in [0.25, 0.3) is 0 Å². The molecular weight excluding hydrogens is 314 g/mol. The molecule has 0 aromatic rings. The Morgan fingerprint density at radius 1 is 1.44 bits per heavy atom. The van der Waals surface area contributed by atoms with Gasteiger partial charge >= 0.3 is 5.97 Å². The van der Waals surface area contributed by atoms with Crippen LogP contribution in [0.5, 0.6) is 0 Å². The molecular formula is C21H33NO3. The summed E-state index contributed by atoms with van der Waals surface area (Å²) in [6.45, 7) is 10.8. The van der Waals surface area contributed by atoms with E-state index < -0.39 is 22.7 Å². The van der Waals surface area contributed by atoms with Gasteiger partial charge in [0.1, 0.15) is 0 Å². The molecule has 5 unspecified atom stereocenters. The van der Waals surface area contributed by atoms with E-state index >= 15 is 0 Å². The van der Waals surface area contributed by atoms with Gasteiger partial charge < -0.3 is 10.4 Å². The number of aliphatic carboxylic acids is 1. The van der Waals surface area contributed by atoms with E-state index in [1.54, 1.807) is 6.08 Å². The lowest BCUT2D eigenvalue weighted by molar-refractivity contribution is -0.156. The van der Waals surface area contributed by atoms with Gasteiger partial charge in [-0.2, -0.15) is 0 Å². The second-order valence-electron chi connectivity index (χ2n) is 8.05. The van der Waals surface area contributed by atoms with Crippen molar-refractivity contribution in [2.24, 2.45) is 28.6 Å². The van der Waals surface area contributed by atoms with Gasteiger partial charge in [0.05, 0.1) is 11.3 Å². The number of hydrogen-bond acceptors (Lipinski definition) is 2. The molecule has 2 aliphatic carbocycles. The number of carboxylic acids is 1. The topological polar surface area (TPSA) is 66.4 Å². The highest BCUT2D eigenvalue weighted by molar-refractivity contribution is 5.91. The smallest absolute Gasteiger partial charge is 0.308 e. The van der Waals surface area contributed by atoms with Gasteiger partial charge in [-0.25, -0.2) is 0 Å². The summed E-state index contributed by atoms with van der Waals surface area (Å²) in [6, 6.07) is 0. The molecule has 2 bridgehead atoms. The second kappa shape index (κ2) is 7.76. The molecule has 1 fully saturated rings. The Kier molecular flexibility index (Phi) is 6.12. The van der Waals surface area contributed by atoms with E-state index in [4.69, 9.17) is 0 Å². The van der Waals surface area contributed by atoms with Crippen LogP contribution in [0.1, 0.15) is 59.3 Å². The number of unbranched alkanes of at least 4 members (excludes halogenated alkanes) is 1. The number of carboxylic acid groups (broad SMARTS) is 1. The van der Waals surface area contributed by atoms with Crippen molar-refractivity contribution >= 4 is 11.9 Å². The van der Waals surface area contributed by atoms with Crippen LogP contribution in [0, 0.1) is 28.6 Å². The second-order valence-corrected chi connectivity index (χ2v) is 8.05. The van der Waals surface area contributed by atoms with E-state index in [9.17, 15) is 14.7 Å². The van der Waals surface area contributed by atoms with Crippen molar-refractivity contribution in [3.63, 3.8) is 0 Å². The molecule has 0 aromatic carbocycles. The summed E-state index contributed by atoms with van der Waals surface area (Å²) in [5.41, 5.74) is -1.34. The van der Waals surface area contributed by atoms with Gasteiger partial charge in [0.15, 0.2) is 0 Å². The first-order chi connectivity index (χ1) is 11.9. The molecule has 2 aliphatic rings. The number of carbonyl (C=O) groups excluding carboxylic acids is 1. The Morgan fingerprint density at radius 2 is 2.16 bits per heavy atom. The summed E-state index contributed by atoms with van der Waals surface area (Å²) in [4.78, 5) is 25.3. The average molecular weight is 347 g/mol. The molecule has 140 valence electrons. The fraction of sp³-hybridized carbons (Fsp3) is 0.714. The minimum absolute atomic E-state index is 0.0599. The first kappa shape index (κ1) is 19.7. The van der Waals surface area contributed by atoms with Crippen molar-refractivity contribution in [2.45, 2.75) is 59.3 Å². The van der Waals surface area contributed by atoms with E-state index in [1.807, 2.05) is 13.0 Å². The van der Waals surface area contributed by atoms with Crippen LogP contribution in [-0.2, 0) is 9.59 Å². The quantitative estimate of drug-likeness (QED) is 0.583. The standard InChI is InChI=1S/C21H33NO3/c1-5-8-9-15(7-3)14-22-19(25)21(11-6-2)17(18(23)24)16-10-12-20(21,4)13-16/h6,10,12,15-17H,2,5,7-9,11,13-14H2,1,3-4H3,(H,22,25)(H,23,24). The summed E-state index contributed by atoms with van der Waals surface area (Å²) >= 11 is 0. The van der Waals surface area contributed by atoms with Crippen molar-refractivity contribution in [3.8, 4) is 0 Å². The first-order valence-electron chi connectivity index (χ1n) is 9.67. The van der Waals surface area contributed by atoms with Crippen molar-refractivity contribution in [1.82, 2.24) is 5.32 Å². The molecule has 0 saturated heterocycles. The zero-order chi connectivity index (χ0) is 18.7. The van der Waals surface area contributed by atoms with Gasteiger partial charge in [0.25, 0.3) is 0 Å². The minimum atomic E-state index is -0.928. The zero-order valence-corrected chi connectivity index (χ0v) is 15.9. The maximum Gasteiger partial charge on any atom is 0.308 e. The van der Waals surface area contributed by atoms with E-state index in [2.05, 4.69) is 31.8 Å². The van der Waals surface area contributed by atoms with Crippen molar-refractivity contribution in [3.05, 3.63) is 24.8 Å². The number of amides is 1. The first-order valence-corrected chi connectivity index (χ1v) is 9.67. The Morgan fingerprint density at radius 3 is 2.72 bits per heavy atom. The number of fused-ring (bicyclic) bond motifs is 2. The zero-order valence-electron chi connectivity index (χ0n) is 15.9. The molecule has 0 aromatic heterocycles. The third-order valence-electron chi connectivity index (χ3n) is 6.58. The number of nitrogens with one attached hydrogen (secondary N) is 1. The van der Waals surface area contributed by atoms with Gasteiger partial charge in [-0.1, -0.05) is 58.3 Å². The molecule has 5 atom stereocenters. The predicted molar refractivity (Wildman–Crippen MR) is 100 cm³/mol. The lowest BCUT2D eigenvalue weighted by Gasteiger charge is -2.44. The molecule has 0 spiro atoms. The monoisotopic (exact) mass is 347 g/mol. The Labute approximate surface area is 151 Å². The maximum absolute atomic E-state index is 13.3. The summed E-state index contributed by atoms with van der Waals surface area (Å²) < 4.78 is 0. The largest absolute Gasteiger partial charge is 0.481 e. The molecule has 1 amide bonds. The number of rotatable bonds is 10. The minimum Gasteiger partial charge on any atom is -0.481 e. The van der Waals surface area contributed by atoms with Crippen LogP contribution in [0.2, 0.25) is 0 Å². The SMILES string of the molecule is C=CCC1(C(=O)NCC(CC)CCCC)C(C(=O)O)C2C=CC1(C)C2. The van der Waals surface area contributed by atoms with Crippen LogP contribution in [-0.4, -0.2) is 23.5 Å². The normalized spacial score (nSPS) is 34.0. The highest BCUT2D eigenvalue weighted by atomic mass is 16.4. The fourth-order valence-electron chi connectivity index (χ4n) is 5.06. The molecule has 4 heteroatoms. The van der Waals surface area contributed by atoms with Crippen LogP contribution in [0.3, 0.4) is 0 Å². The molecule has 0 aliphatic heterocycles. The van der Waals surface area contributed by atoms with Crippen LogP contribution in [0.15, 0.2) is 24.8 Å². The Bertz CT molecular complexity index is 555. The number of allylic oxidation sites excluding steroid dienone is 3. The Balaban J connectivity index is 2.23. The van der Waals surface area contributed by atoms with Gasteiger partial charge in [0.2, 0.25) is 5.91 Å². The summed E-state index contributed by atoms with van der Waals surface area (Å²) in [7, 11) is 0. The lowest BCUT2D eigenvalue weighted by Crippen LogP contribution is -2.54. The van der Waals surface area contributed by atoms with Crippen LogP contribution < -0.4 is 5.32 Å². The van der Waals surface area contributed by atoms with Crippen LogP contribution in [0.4, 0.5) is 0 Å². The lowest BCUT2D eigenvalue weighted by atomic mass is 9.58. The summed E-state index contributed by atoms with van der Waals surface area (Å²) in [5, 5.41) is 13.0. The van der Waals surface area contributed by atoms with E-state index in [-0.39, 0.29) is 11.8 Å². The molecule has 25 heavy (non-hydrogen) atoms. The Hall–Kier alpha value is -1.58. The van der Waals surface area contributed by atoms with Gasteiger partial charge in [0, 0.05) is 12.0 Å². The van der Waals surface area contributed by atoms with Crippen molar-refractivity contribution in [1.29, 1.82) is 0 Å². The van der Waals surface area contributed by atoms with Gasteiger partial charge in [-0.3, -0.25) is 9.59 Å². The van der Waals surface area contributed by atoms with Crippen molar-refractivity contribution in [2.75, 3.05) is 6.54 Å². The molecule has 0 heterocycles. The summed E-state index contributed by atoms with van der Waals surface area (Å²) in [6.07, 6.45) is 11.3. The third-order valence-corrected chi connectivity index (χ3v) is 6.58. The molecule has 1 saturated carbocycles. The van der Waals surface area contributed by atoms with E-state index in [1.165, 1.54) is 0 Å². The molecule has 2 N–H and O–H groups in total. The highest BCUT2D eigenvalue weighted by Gasteiger charge is 2.68. The predicted octanol–water partition coefficient (Wildman–Crippen LogP) is 4.18. The van der Waals surface area contributed by atoms with Gasteiger partial charge in [-0.05, 0) is 31.1 Å². The number of carbonyl (C=O) groups is 2. The molecule has 4 nitrogen and oxygen atoms in total. The average Bonchev–Trinajstić information content (AvgIpc) is 3.07. The van der Waals surface area contributed by atoms with Gasteiger partial charge in [-0.15, -0.1) is 6.58 Å². The van der Waals surface area contributed by atoms with E-state index in [0.717, 1.165) is 32.1 Å². The van der Waals surface area contributed by atoms with Crippen molar-refractivity contribution < 1.29 is 14.7 Å². The molecule has 0 radical (unpaired) electrons. The van der Waals surface area contributed by atoms with E-state index in [0.29, 0.717) is 18.9 Å². The highest BCUT2D eigenvalue weighted by Crippen LogP contribution is 2.65.